The molecule has 3 rings (SSSR count). The van der Waals surface area contributed by atoms with Crippen molar-refractivity contribution >= 4 is 39.3 Å². The highest BCUT2D eigenvalue weighted by molar-refractivity contribution is 9.10. The molecule has 0 bridgehead atoms. The molecule has 0 fully saturated rings. The third-order valence-corrected chi connectivity index (χ3v) is 6.05. The first-order chi connectivity index (χ1) is 15.4. The van der Waals surface area contributed by atoms with E-state index in [0.717, 1.165) is 21.3 Å². The van der Waals surface area contributed by atoms with Crippen molar-refractivity contribution in [1.29, 1.82) is 0 Å². The average Bonchev–Trinajstić information content (AvgIpc) is 3.15. The summed E-state index contributed by atoms with van der Waals surface area (Å²) in [7, 11) is 1.60. The molecule has 1 N–H and O–H groups in total. The summed E-state index contributed by atoms with van der Waals surface area (Å²) in [5, 5.41) is 12.1. The highest BCUT2D eigenvalue weighted by atomic mass is 79.9. The van der Waals surface area contributed by atoms with E-state index in [9.17, 15) is 4.79 Å². The predicted octanol–water partition coefficient (Wildman–Crippen LogP) is 5.16. The van der Waals surface area contributed by atoms with Gasteiger partial charge in [0.25, 0.3) is 0 Å². The number of thioether (sulfide) groups is 1. The summed E-state index contributed by atoms with van der Waals surface area (Å²) in [6.45, 7) is 8.47. The zero-order valence-electron chi connectivity index (χ0n) is 18.2. The number of allylic oxidation sites excluding steroid dienone is 1. The molecule has 0 aliphatic carbocycles. The fourth-order valence-corrected chi connectivity index (χ4v) is 4.59. The number of nitrogens with one attached hydrogen (secondary N) is 1. The summed E-state index contributed by atoms with van der Waals surface area (Å²) in [5.74, 6) is 2.00. The Morgan fingerprint density at radius 3 is 2.56 bits per heavy atom. The molecule has 0 saturated heterocycles. The molecular formula is C23H25BrN4O3S. The smallest absolute Gasteiger partial charge is 0.234 e. The third-order valence-electron chi connectivity index (χ3n) is 4.63. The summed E-state index contributed by atoms with van der Waals surface area (Å²) < 4.78 is 14.1. The Morgan fingerprint density at radius 1 is 1.22 bits per heavy atom. The number of methoxy groups -OCH3 is 1. The van der Waals surface area contributed by atoms with Crippen LogP contribution in [-0.4, -0.2) is 33.5 Å². The van der Waals surface area contributed by atoms with E-state index < -0.39 is 0 Å². The molecule has 1 aromatic heterocycles. The SMILES string of the molecule is C=CCn1c(COc2ccccc2OC)nnc1SCC(=O)Nc1c(C)cc(Br)cc1C. The van der Waals surface area contributed by atoms with Crippen LogP contribution in [0.5, 0.6) is 11.5 Å². The number of para-hydroxylation sites is 2. The van der Waals surface area contributed by atoms with Gasteiger partial charge in [-0.1, -0.05) is 45.9 Å². The van der Waals surface area contributed by atoms with E-state index >= 15 is 0 Å². The highest BCUT2D eigenvalue weighted by Crippen LogP contribution is 2.28. The minimum Gasteiger partial charge on any atom is -0.493 e. The molecule has 3 aromatic rings. The van der Waals surface area contributed by atoms with Crippen LogP contribution in [-0.2, 0) is 17.9 Å². The second-order valence-corrected chi connectivity index (χ2v) is 8.85. The van der Waals surface area contributed by atoms with Crippen LogP contribution in [0.1, 0.15) is 17.0 Å². The van der Waals surface area contributed by atoms with E-state index in [0.29, 0.717) is 29.0 Å². The van der Waals surface area contributed by atoms with Crippen molar-refractivity contribution in [2.75, 3.05) is 18.2 Å². The predicted molar refractivity (Wildman–Crippen MR) is 131 cm³/mol. The van der Waals surface area contributed by atoms with E-state index in [1.165, 1.54) is 11.8 Å². The summed E-state index contributed by atoms with van der Waals surface area (Å²) in [6.07, 6.45) is 1.76. The number of carbonyl (C=O) groups excluding carboxylic acids is 1. The Balaban J connectivity index is 1.66. The van der Waals surface area contributed by atoms with Gasteiger partial charge in [0.15, 0.2) is 22.5 Å². The Labute approximate surface area is 200 Å². The van der Waals surface area contributed by atoms with Gasteiger partial charge in [0, 0.05) is 16.7 Å². The maximum atomic E-state index is 12.6. The molecule has 1 amide bonds. The van der Waals surface area contributed by atoms with Crippen LogP contribution < -0.4 is 14.8 Å². The first-order valence-corrected chi connectivity index (χ1v) is 11.7. The highest BCUT2D eigenvalue weighted by Gasteiger charge is 2.16. The number of aryl methyl sites for hydroxylation is 2. The first kappa shape index (κ1) is 23.9. The molecule has 0 spiro atoms. The van der Waals surface area contributed by atoms with Crippen LogP contribution in [0.25, 0.3) is 0 Å². The van der Waals surface area contributed by atoms with Crippen LogP contribution in [0, 0.1) is 13.8 Å². The molecular weight excluding hydrogens is 492 g/mol. The fourth-order valence-electron chi connectivity index (χ4n) is 3.14. The first-order valence-electron chi connectivity index (χ1n) is 9.91. The number of hydrogen-bond donors (Lipinski definition) is 1. The lowest BCUT2D eigenvalue weighted by Gasteiger charge is -2.13. The maximum absolute atomic E-state index is 12.6. The summed E-state index contributed by atoms with van der Waals surface area (Å²) in [4.78, 5) is 12.6. The summed E-state index contributed by atoms with van der Waals surface area (Å²) >= 11 is 4.79. The molecule has 32 heavy (non-hydrogen) atoms. The average molecular weight is 517 g/mol. The largest absolute Gasteiger partial charge is 0.493 e. The molecule has 0 radical (unpaired) electrons. The minimum atomic E-state index is -0.108. The van der Waals surface area contributed by atoms with Gasteiger partial charge in [0.2, 0.25) is 5.91 Å². The monoisotopic (exact) mass is 516 g/mol. The van der Waals surface area contributed by atoms with Crippen molar-refractivity contribution in [3.8, 4) is 11.5 Å². The van der Waals surface area contributed by atoms with Crippen molar-refractivity contribution in [2.24, 2.45) is 0 Å². The number of carbonyl (C=O) groups is 1. The zero-order chi connectivity index (χ0) is 23.1. The molecule has 0 saturated carbocycles. The van der Waals surface area contributed by atoms with Crippen LogP contribution in [0.3, 0.4) is 0 Å². The molecule has 0 unspecified atom stereocenters. The molecule has 0 aliphatic rings. The van der Waals surface area contributed by atoms with Gasteiger partial charge in [0.1, 0.15) is 6.61 Å². The van der Waals surface area contributed by atoms with Gasteiger partial charge in [-0.2, -0.15) is 0 Å². The van der Waals surface area contributed by atoms with Crippen molar-refractivity contribution < 1.29 is 14.3 Å². The number of ether oxygens (including phenoxy) is 2. The number of nitrogens with zero attached hydrogens (tertiary/aromatic N) is 3. The molecule has 0 atom stereocenters. The summed E-state index contributed by atoms with van der Waals surface area (Å²) in [5.41, 5.74) is 2.83. The quantitative estimate of drug-likeness (QED) is 0.296. The molecule has 1 heterocycles. The van der Waals surface area contributed by atoms with Crippen molar-refractivity contribution in [1.82, 2.24) is 14.8 Å². The fraction of sp³-hybridized carbons (Fsp3) is 0.261. The Morgan fingerprint density at radius 2 is 1.91 bits per heavy atom. The lowest BCUT2D eigenvalue weighted by molar-refractivity contribution is -0.113. The Kier molecular flexibility index (Phi) is 8.35. The topological polar surface area (TPSA) is 78.3 Å². The van der Waals surface area contributed by atoms with E-state index in [1.54, 1.807) is 13.2 Å². The van der Waals surface area contributed by atoms with Crippen molar-refractivity contribution in [2.45, 2.75) is 32.2 Å². The standard InChI is InChI=1S/C23H25BrN4O3S/c1-5-10-28-20(13-31-19-9-7-6-8-18(19)30-4)26-27-23(28)32-14-21(29)25-22-15(2)11-17(24)12-16(22)3/h5-9,11-12H,1,10,13-14H2,2-4H3,(H,25,29). The molecule has 7 nitrogen and oxygen atoms in total. The molecule has 0 aliphatic heterocycles. The number of anilines is 1. The number of rotatable bonds is 10. The second kappa shape index (κ2) is 11.2. The van der Waals surface area contributed by atoms with Crippen LogP contribution in [0.15, 0.2) is 58.7 Å². The van der Waals surface area contributed by atoms with Gasteiger partial charge in [-0.25, -0.2) is 0 Å². The van der Waals surface area contributed by atoms with Gasteiger partial charge in [-0.3, -0.25) is 9.36 Å². The van der Waals surface area contributed by atoms with Crippen molar-refractivity contribution in [3.05, 3.63) is 70.5 Å². The third kappa shape index (κ3) is 5.92. The van der Waals surface area contributed by atoms with Gasteiger partial charge in [0.05, 0.1) is 12.9 Å². The van der Waals surface area contributed by atoms with Crippen molar-refractivity contribution in [3.63, 3.8) is 0 Å². The molecule has 168 valence electrons. The van der Waals surface area contributed by atoms with Gasteiger partial charge >= 0.3 is 0 Å². The number of amides is 1. The molecule has 9 heteroatoms. The van der Waals surface area contributed by atoms with Gasteiger partial charge in [-0.05, 0) is 49.2 Å². The van der Waals surface area contributed by atoms with Gasteiger partial charge in [-0.15, -0.1) is 16.8 Å². The lowest BCUT2D eigenvalue weighted by atomic mass is 10.1. The Hall–Kier alpha value is -2.78. The molecule has 2 aromatic carbocycles. The van der Waals surface area contributed by atoms with E-state index in [-0.39, 0.29) is 18.3 Å². The lowest BCUT2D eigenvalue weighted by Crippen LogP contribution is -2.16. The number of benzene rings is 2. The number of aromatic nitrogens is 3. The second-order valence-electron chi connectivity index (χ2n) is 6.99. The maximum Gasteiger partial charge on any atom is 0.234 e. The summed E-state index contributed by atoms with van der Waals surface area (Å²) in [6, 6.07) is 11.4. The van der Waals surface area contributed by atoms with Gasteiger partial charge < -0.3 is 14.8 Å². The normalized spacial score (nSPS) is 10.6. The Bertz CT molecular complexity index is 1090. The minimum absolute atomic E-state index is 0.108. The number of hydrogen-bond acceptors (Lipinski definition) is 6. The zero-order valence-corrected chi connectivity index (χ0v) is 20.6. The van der Waals surface area contributed by atoms with E-state index in [2.05, 4.69) is 38.0 Å². The van der Waals surface area contributed by atoms with E-state index in [1.807, 2.05) is 54.8 Å². The van der Waals surface area contributed by atoms with Crippen LogP contribution in [0.2, 0.25) is 0 Å². The van der Waals surface area contributed by atoms with Crippen LogP contribution >= 0.6 is 27.7 Å². The van der Waals surface area contributed by atoms with Crippen LogP contribution in [0.4, 0.5) is 5.69 Å². The van der Waals surface area contributed by atoms with E-state index in [4.69, 9.17) is 9.47 Å². The number of halogens is 1.